The zero-order valence-electron chi connectivity index (χ0n) is 19.1. The Kier molecular flexibility index (Phi) is 6.71. The number of rotatable bonds is 7. The molecule has 0 spiro atoms. The van der Waals surface area contributed by atoms with Crippen LogP contribution in [0.15, 0.2) is 133 Å². The van der Waals surface area contributed by atoms with Gasteiger partial charge in [0.25, 0.3) is 0 Å². The van der Waals surface area contributed by atoms with E-state index in [1.807, 2.05) is 91.9 Å². The normalized spacial score (nSPS) is 17.2. The summed E-state index contributed by atoms with van der Waals surface area (Å²) in [7, 11) is -1.68. The smallest absolute Gasteiger partial charge is 0.308 e. The minimum Gasteiger partial charge on any atom is -0.308 e. The van der Waals surface area contributed by atoms with Crippen molar-refractivity contribution in [3.05, 3.63) is 156 Å². The van der Waals surface area contributed by atoms with Crippen molar-refractivity contribution in [2.24, 2.45) is 0 Å². The standard InChI is InChI=1S/C30H27O3P/c1-2-3-24-31-34-32-29(25-16-8-4-9-17-25,26-18-10-5-11-19-26)30(33-34,27-20-12-6-13-21-27)28-22-14-7-15-23-28/h2-23H,24H2,1H3. The number of allylic oxidation sites excluding steroid dienone is 1. The fourth-order valence-electron chi connectivity index (χ4n) is 4.67. The third-order valence-electron chi connectivity index (χ3n) is 6.15. The molecule has 1 saturated heterocycles. The van der Waals surface area contributed by atoms with Gasteiger partial charge in [-0.05, 0) is 29.2 Å². The number of hydrogen-bond donors (Lipinski definition) is 0. The van der Waals surface area contributed by atoms with E-state index < -0.39 is 19.8 Å². The second-order valence-electron chi connectivity index (χ2n) is 8.10. The van der Waals surface area contributed by atoms with Gasteiger partial charge in [0.05, 0.1) is 6.61 Å². The molecule has 0 bridgehead atoms. The van der Waals surface area contributed by atoms with E-state index in [1.54, 1.807) is 0 Å². The van der Waals surface area contributed by atoms with Crippen LogP contribution in [0.3, 0.4) is 0 Å². The monoisotopic (exact) mass is 466 g/mol. The zero-order chi connectivity index (χ0) is 23.3. The van der Waals surface area contributed by atoms with Crippen LogP contribution in [0.5, 0.6) is 0 Å². The predicted octanol–water partition coefficient (Wildman–Crippen LogP) is 7.74. The highest BCUT2D eigenvalue weighted by Crippen LogP contribution is 2.70. The summed E-state index contributed by atoms with van der Waals surface area (Å²) in [5, 5.41) is 0. The van der Waals surface area contributed by atoms with Crippen molar-refractivity contribution in [3.8, 4) is 0 Å². The van der Waals surface area contributed by atoms with Crippen molar-refractivity contribution in [2.75, 3.05) is 6.61 Å². The van der Waals surface area contributed by atoms with E-state index in [1.165, 1.54) is 0 Å². The Balaban J connectivity index is 1.85. The van der Waals surface area contributed by atoms with Gasteiger partial charge in [-0.15, -0.1) is 0 Å². The molecular formula is C30H27O3P. The summed E-state index contributed by atoms with van der Waals surface area (Å²) < 4.78 is 20.1. The second kappa shape index (κ2) is 10.0. The molecule has 1 fully saturated rings. The zero-order valence-corrected chi connectivity index (χ0v) is 20.0. The Morgan fingerprint density at radius 1 is 0.588 bits per heavy atom. The van der Waals surface area contributed by atoms with Gasteiger partial charge in [0.1, 0.15) is 0 Å². The van der Waals surface area contributed by atoms with E-state index in [0.717, 1.165) is 22.3 Å². The van der Waals surface area contributed by atoms with Crippen LogP contribution in [-0.4, -0.2) is 6.61 Å². The first-order chi connectivity index (χ1) is 16.8. The molecule has 34 heavy (non-hydrogen) atoms. The maximum atomic E-state index is 6.98. The average Bonchev–Trinajstić information content (AvgIpc) is 3.28. The van der Waals surface area contributed by atoms with Gasteiger partial charge in [-0.25, -0.2) is 0 Å². The van der Waals surface area contributed by atoms with Crippen molar-refractivity contribution in [1.29, 1.82) is 0 Å². The highest BCUT2D eigenvalue weighted by Gasteiger charge is 2.66. The molecule has 1 heterocycles. The SMILES string of the molecule is CC=CCOP1OC(c2ccccc2)(c2ccccc2)C(c2ccccc2)(c2ccccc2)O1. The molecule has 0 radical (unpaired) electrons. The maximum Gasteiger partial charge on any atom is 0.335 e. The molecule has 0 unspecified atom stereocenters. The molecule has 0 aromatic heterocycles. The van der Waals surface area contributed by atoms with Gasteiger partial charge in [0, 0.05) is 0 Å². The van der Waals surface area contributed by atoms with Crippen LogP contribution in [0.2, 0.25) is 0 Å². The average molecular weight is 467 g/mol. The van der Waals surface area contributed by atoms with Crippen molar-refractivity contribution in [3.63, 3.8) is 0 Å². The summed E-state index contributed by atoms with van der Waals surface area (Å²) in [6.45, 7) is 2.39. The Morgan fingerprint density at radius 3 is 1.21 bits per heavy atom. The molecule has 0 atom stereocenters. The maximum absolute atomic E-state index is 6.98. The lowest BCUT2D eigenvalue weighted by atomic mass is 9.66. The molecule has 3 nitrogen and oxygen atoms in total. The predicted molar refractivity (Wildman–Crippen MR) is 137 cm³/mol. The van der Waals surface area contributed by atoms with Crippen LogP contribution in [0, 0.1) is 0 Å². The summed E-state index contributed by atoms with van der Waals surface area (Å²) in [5.41, 5.74) is 2.09. The Hall–Kier alpha value is -3.07. The quantitative estimate of drug-likeness (QED) is 0.206. The highest BCUT2D eigenvalue weighted by atomic mass is 31.2. The summed E-state index contributed by atoms with van der Waals surface area (Å²) in [6, 6.07) is 41.4. The summed E-state index contributed by atoms with van der Waals surface area (Å²) in [5.74, 6) is 0. The fourth-order valence-corrected chi connectivity index (χ4v) is 6.15. The largest absolute Gasteiger partial charge is 0.335 e. The lowest BCUT2D eigenvalue weighted by Crippen LogP contribution is -2.48. The second-order valence-corrected chi connectivity index (χ2v) is 9.17. The van der Waals surface area contributed by atoms with Gasteiger partial charge in [0.15, 0.2) is 11.2 Å². The Bertz CT molecular complexity index is 1040. The third kappa shape index (κ3) is 3.81. The molecule has 1 aliphatic rings. The lowest BCUT2D eigenvalue weighted by molar-refractivity contribution is 0.00370. The summed E-state index contributed by atoms with van der Waals surface area (Å²) >= 11 is 0. The molecule has 170 valence electrons. The van der Waals surface area contributed by atoms with Gasteiger partial charge in [-0.2, -0.15) is 0 Å². The molecule has 1 aliphatic heterocycles. The van der Waals surface area contributed by atoms with Crippen molar-refractivity contribution >= 4 is 8.60 Å². The molecule has 0 aliphatic carbocycles. The molecule has 4 aromatic rings. The van der Waals surface area contributed by atoms with Gasteiger partial charge in [-0.3, -0.25) is 9.05 Å². The first-order valence-electron chi connectivity index (χ1n) is 11.5. The van der Waals surface area contributed by atoms with Crippen LogP contribution in [0.1, 0.15) is 29.2 Å². The van der Waals surface area contributed by atoms with E-state index in [2.05, 4.69) is 48.5 Å². The van der Waals surface area contributed by atoms with Gasteiger partial charge in [0.2, 0.25) is 0 Å². The Labute approximate surface area is 202 Å². The van der Waals surface area contributed by atoms with Crippen LogP contribution in [0.4, 0.5) is 0 Å². The number of benzene rings is 4. The van der Waals surface area contributed by atoms with Gasteiger partial charge >= 0.3 is 8.60 Å². The minimum atomic E-state index is -1.68. The minimum absolute atomic E-state index is 0.418. The fraction of sp³-hybridized carbons (Fsp3) is 0.133. The van der Waals surface area contributed by atoms with Crippen LogP contribution < -0.4 is 0 Å². The highest BCUT2D eigenvalue weighted by molar-refractivity contribution is 7.42. The molecule has 4 aromatic carbocycles. The van der Waals surface area contributed by atoms with E-state index in [9.17, 15) is 0 Å². The van der Waals surface area contributed by atoms with E-state index in [4.69, 9.17) is 13.6 Å². The van der Waals surface area contributed by atoms with Crippen molar-refractivity contribution < 1.29 is 13.6 Å². The van der Waals surface area contributed by atoms with E-state index in [0.29, 0.717) is 6.61 Å². The molecule has 0 amide bonds. The van der Waals surface area contributed by atoms with Gasteiger partial charge < -0.3 is 4.52 Å². The van der Waals surface area contributed by atoms with Crippen molar-refractivity contribution in [2.45, 2.75) is 18.1 Å². The molecular weight excluding hydrogens is 439 g/mol. The summed E-state index contributed by atoms with van der Waals surface area (Å²) in [6.07, 6.45) is 3.93. The van der Waals surface area contributed by atoms with Crippen LogP contribution >= 0.6 is 8.60 Å². The van der Waals surface area contributed by atoms with E-state index >= 15 is 0 Å². The Morgan fingerprint density at radius 2 is 0.912 bits per heavy atom. The molecule has 0 N–H and O–H groups in total. The molecule has 4 heteroatoms. The van der Waals surface area contributed by atoms with Crippen LogP contribution in [0.25, 0.3) is 0 Å². The summed E-state index contributed by atoms with van der Waals surface area (Å²) in [4.78, 5) is 0. The number of hydrogen-bond acceptors (Lipinski definition) is 3. The van der Waals surface area contributed by atoms with Gasteiger partial charge in [-0.1, -0.05) is 133 Å². The topological polar surface area (TPSA) is 27.7 Å². The first-order valence-corrected chi connectivity index (χ1v) is 12.6. The van der Waals surface area contributed by atoms with E-state index in [-0.39, 0.29) is 0 Å². The molecule has 5 rings (SSSR count). The van der Waals surface area contributed by atoms with Crippen molar-refractivity contribution in [1.82, 2.24) is 0 Å². The first kappa shape index (κ1) is 22.7. The third-order valence-corrected chi connectivity index (χ3v) is 7.36. The lowest BCUT2D eigenvalue weighted by Gasteiger charge is -2.43. The van der Waals surface area contributed by atoms with Crippen LogP contribution in [-0.2, 0) is 24.8 Å². The molecule has 0 saturated carbocycles.